The third kappa shape index (κ3) is 6.27. The molecule has 0 unspecified atom stereocenters. The number of carbonyl (C=O) groups excluding carboxylic acids is 1. The molecule has 23 heavy (non-hydrogen) atoms. The smallest absolute Gasteiger partial charge is 0.221 e. The van der Waals surface area contributed by atoms with Crippen molar-refractivity contribution in [2.45, 2.75) is 31.7 Å². The summed E-state index contributed by atoms with van der Waals surface area (Å²) in [5.41, 5.74) is 1.03. The van der Waals surface area contributed by atoms with Gasteiger partial charge in [0.1, 0.15) is 0 Å². The van der Waals surface area contributed by atoms with Crippen molar-refractivity contribution in [1.29, 1.82) is 0 Å². The van der Waals surface area contributed by atoms with Crippen LogP contribution in [-0.2, 0) is 21.1 Å². The second-order valence-electron chi connectivity index (χ2n) is 6.06. The molecule has 1 amide bonds. The Hall–Kier alpha value is -1.47. The fourth-order valence-corrected chi connectivity index (χ4v) is 4.52. The van der Waals surface area contributed by atoms with Gasteiger partial charge in [-0.3, -0.25) is 9.78 Å². The van der Waals surface area contributed by atoms with Crippen LogP contribution < -0.4 is 5.32 Å². The minimum atomic E-state index is -2.87. The largest absolute Gasteiger partial charge is 0.356 e. The van der Waals surface area contributed by atoms with E-state index in [2.05, 4.69) is 10.3 Å². The number of aryl methyl sites for hydroxylation is 1. The molecule has 2 heterocycles. The second kappa shape index (κ2) is 8.40. The lowest BCUT2D eigenvalue weighted by Crippen LogP contribution is -2.36. The third-order valence-corrected chi connectivity index (χ3v) is 5.93. The predicted molar refractivity (Wildman–Crippen MR) is 89.9 cm³/mol. The lowest BCUT2D eigenvalue weighted by Gasteiger charge is -2.22. The average Bonchev–Trinajstić information content (AvgIpc) is 2.90. The summed E-state index contributed by atoms with van der Waals surface area (Å²) in [4.78, 5) is 18.1. The highest BCUT2D eigenvalue weighted by molar-refractivity contribution is 7.91. The minimum Gasteiger partial charge on any atom is -0.356 e. The maximum atomic E-state index is 11.8. The van der Waals surface area contributed by atoms with E-state index in [1.807, 2.05) is 30.1 Å². The van der Waals surface area contributed by atoms with E-state index in [0.717, 1.165) is 18.5 Å². The standard InChI is InChI=1S/C16H25N3O3S/c1-19(15-8-12-23(21,22)13-15)11-7-16(20)18-10-4-6-14-5-2-3-9-17-14/h2-3,5,9,15H,4,6-8,10-13H2,1H3,(H,18,20)/t15-/m0/s1. The Morgan fingerprint density at radius 1 is 1.43 bits per heavy atom. The van der Waals surface area contributed by atoms with Gasteiger partial charge in [0.05, 0.1) is 11.5 Å². The molecule has 1 aromatic heterocycles. The summed E-state index contributed by atoms with van der Waals surface area (Å²) in [5.74, 6) is 0.496. The predicted octanol–water partition coefficient (Wildman–Crippen LogP) is 0.639. The van der Waals surface area contributed by atoms with Gasteiger partial charge in [0.2, 0.25) is 5.91 Å². The fourth-order valence-electron chi connectivity index (χ4n) is 2.72. The molecule has 0 spiro atoms. The van der Waals surface area contributed by atoms with Crippen molar-refractivity contribution in [3.8, 4) is 0 Å². The Labute approximate surface area is 138 Å². The number of aromatic nitrogens is 1. The van der Waals surface area contributed by atoms with Crippen LogP contribution in [0, 0.1) is 0 Å². The molecule has 1 saturated heterocycles. The van der Waals surface area contributed by atoms with Crippen molar-refractivity contribution in [3.05, 3.63) is 30.1 Å². The van der Waals surface area contributed by atoms with E-state index < -0.39 is 9.84 Å². The second-order valence-corrected chi connectivity index (χ2v) is 8.29. The van der Waals surface area contributed by atoms with Gasteiger partial charge < -0.3 is 10.2 Å². The molecule has 0 saturated carbocycles. The first-order chi connectivity index (χ1) is 11.0. The van der Waals surface area contributed by atoms with Crippen LogP contribution in [0.4, 0.5) is 0 Å². The molecule has 1 aromatic rings. The molecule has 0 bridgehead atoms. The normalized spacial score (nSPS) is 19.8. The maximum Gasteiger partial charge on any atom is 0.221 e. The van der Waals surface area contributed by atoms with Crippen LogP contribution >= 0.6 is 0 Å². The van der Waals surface area contributed by atoms with E-state index in [4.69, 9.17) is 0 Å². The minimum absolute atomic E-state index is 0.0127. The number of nitrogens with zero attached hydrogens (tertiary/aromatic N) is 2. The van der Waals surface area contributed by atoms with Gasteiger partial charge in [0.15, 0.2) is 9.84 Å². The Balaban J connectivity index is 1.58. The van der Waals surface area contributed by atoms with E-state index >= 15 is 0 Å². The quantitative estimate of drug-likeness (QED) is 0.703. The molecule has 128 valence electrons. The topological polar surface area (TPSA) is 79.4 Å². The molecule has 1 N–H and O–H groups in total. The first-order valence-corrected chi connectivity index (χ1v) is 9.86. The number of hydrogen-bond donors (Lipinski definition) is 1. The third-order valence-electron chi connectivity index (χ3n) is 4.18. The van der Waals surface area contributed by atoms with Gasteiger partial charge in [0, 0.05) is 37.4 Å². The molecule has 0 radical (unpaired) electrons. The molecule has 0 aliphatic carbocycles. The van der Waals surface area contributed by atoms with Gasteiger partial charge in [-0.2, -0.15) is 0 Å². The number of carbonyl (C=O) groups is 1. The highest BCUT2D eigenvalue weighted by atomic mass is 32.2. The summed E-state index contributed by atoms with van der Waals surface area (Å²) in [7, 11) is -0.982. The van der Waals surface area contributed by atoms with E-state index in [1.54, 1.807) is 6.20 Å². The molecule has 0 aromatic carbocycles. The molecule has 6 nitrogen and oxygen atoms in total. The Morgan fingerprint density at radius 2 is 2.26 bits per heavy atom. The van der Waals surface area contributed by atoms with E-state index in [1.165, 1.54) is 0 Å². The van der Waals surface area contributed by atoms with Crippen LogP contribution in [0.15, 0.2) is 24.4 Å². The van der Waals surface area contributed by atoms with Gasteiger partial charge in [-0.25, -0.2) is 8.42 Å². The zero-order valence-corrected chi connectivity index (χ0v) is 14.4. The molecule has 1 fully saturated rings. The van der Waals surface area contributed by atoms with Crippen LogP contribution in [0.1, 0.15) is 25.0 Å². The zero-order chi connectivity index (χ0) is 16.7. The van der Waals surface area contributed by atoms with Crippen LogP contribution in [0.25, 0.3) is 0 Å². The number of rotatable bonds is 8. The van der Waals surface area contributed by atoms with Crippen molar-refractivity contribution in [1.82, 2.24) is 15.2 Å². The molecule has 1 atom stereocenters. The first-order valence-electron chi connectivity index (χ1n) is 8.03. The van der Waals surface area contributed by atoms with Crippen LogP contribution in [0.5, 0.6) is 0 Å². The Kier molecular flexibility index (Phi) is 6.53. The van der Waals surface area contributed by atoms with Crippen LogP contribution in [0.3, 0.4) is 0 Å². The Bertz CT molecular complexity index is 604. The van der Waals surface area contributed by atoms with Gasteiger partial charge >= 0.3 is 0 Å². The maximum absolute atomic E-state index is 11.8. The zero-order valence-electron chi connectivity index (χ0n) is 13.6. The van der Waals surface area contributed by atoms with E-state index in [-0.39, 0.29) is 23.5 Å². The summed E-state index contributed by atoms with van der Waals surface area (Å²) in [6.45, 7) is 1.23. The van der Waals surface area contributed by atoms with Crippen molar-refractivity contribution in [2.75, 3.05) is 31.6 Å². The van der Waals surface area contributed by atoms with Gasteiger partial charge in [-0.15, -0.1) is 0 Å². The number of hydrogen-bond acceptors (Lipinski definition) is 5. The van der Waals surface area contributed by atoms with Crippen LogP contribution in [-0.4, -0.2) is 61.9 Å². The van der Waals surface area contributed by atoms with Crippen LogP contribution in [0.2, 0.25) is 0 Å². The van der Waals surface area contributed by atoms with Gasteiger partial charge in [-0.1, -0.05) is 6.07 Å². The molecule has 1 aliphatic heterocycles. The summed E-state index contributed by atoms with van der Waals surface area (Å²) in [5, 5.41) is 2.90. The van der Waals surface area contributed by atoms with E-state index in [0.29, 0.717) is 25.9 Å². The fraction of sp³-hybridized carbons (Fsp3) is 0.625. The highest BCUT2D eigenvalue weighted by Crippen LogP contribution is 2.16. The van der Waals surface area contributed by atoms with Crippen molar-refractivity contribution < 1.29 is 13.2 Å². The SMILES string of the molecule is CN(CCC(=O)NCCCc1ccccn1)[C@H]1CCS(=O)(=O)C1. The summed E-state index contributed by atoms with van der Waals surface area (Å²) in [6, 6.07) is 5.88. The molecule has 7 heteroatoms. The number of nitrogens with one attached hydrogen (secondary N) is 1. The molecular formula is C16H25N3O3S. The van der Waals surface area contributed by atoms with Crippen molar-refractivity contribution in [2.24, 2.45) is 0 Å². The lowest BCUT2D eigenvalue weighted by molar-refractivity contribution is -0.121. The van der Waals surface area contributed by atoms with Gasteiger partial charge in [0.25, 0.3) is 0 Å². The molecule has 2 rings (SSSR count). The summed E-state index contributed by atoms with van der Waals surface area (Å²) >= 11 is 0. The Morgan fingerprint density at radius 3 is 2.91 bits per heavy atom. The number of pyridine rings is 1. The first kappa shape index (κ1) is 17.9. The number of amides is 1. The van der Waals surface area contributed by atoms with Gasteiger partial charge in [-0.05, 0) is 38.4 Å². The monoisotopic (exact) mass is 339 g/mol. The average molecular weight is 339 g/mol. The molecular weight excluding hydrogens is 314 g/mol. The van der Waals surface area contributed by atoms with Crippen molar-refractivity contribution >= 4 is 15.7 Å². The number of sulfone groups is 1. The highest BCUT2D eigenvalue weighted by Gasteiger charge is 2.30. The van der Waals surface area contributed by atoms with E-state index in [9.17, 15) is 13.2 Å². The summed E-state index contributed by atoms with van der Waals surface area (Å²) in [6.07, 6.45) is 4.55. The van der Waals surface area contributed by atoms with Crippen molar-refractivity contribution in [3.63, 3.8) is 0 Å². The lowest BCUT2D eigenvalue weighted by atomic mass is 10.2. The summed E-state index contributed by atoms with van der Waals surface area (Å²) < 4.78 is 22.9. The molecule has 1 aliphatic rings.